The van der Waals surface area contributed by atoms with Crippen LogP contribution in [0, 0.1) is 24.1 Å². The first-order valence-corrected chi connectivity index (χ1v) is 4.19. The minimum Gasteiger partial charge on any atom is -0.397 e. The zero-order valence-corrected chi connectivity index (χ0v) is 8.13. The van der Waals surface area contributed by atoms with Crippen molar-refractivity contribution in [1.29, 1.82) is 5.26 Å². The lowest BCUT2D eigenvalue weighted by atomic mass is 10.0. The molecule has 3 heteroatoms. The molecule has 0 radical (unpaired) electrons. The molecule has 0 spiro atoms. The van der Waals surface area contributed by atoms with Gasteiger partial charge in [0.1, 0.15) is 5.82 Å². The number of aryl methyl sites for hydroxylation is 1. The number of hydrogen-bond donors (Lipinski definition) is 1. The van der Waals surface area contributed by atoms with E-state index >= 15 is 0 Å². The molecule has 0 aliphatic rings. The highest BCUT2D eigenvalue weighted by Gasteiger charge is 2.05. The van der Waals surface area contributed by atoms with Crippen molar-refractivity contribution in [2.24, 2.45) is 5.73 Å². The van der Waals surface area contributed by atoms with Gasteiger partial charge in [-0.15, -0.1) is 0 Å². The van der Waals surface area contributed by atoms with Crippen LogP contribution >= 0.6 is 0 Å². The van der Waals surface area contributed by atoms with E-state index in [1.54, 1.807) is 19.9 Å². The maximum absolute atomic E-state index is 12.8. The molecule has 2 N–H and O–H groups in total. The van der Waals surface area contributed by atoms with Gasteiger partial charge in [-0.05, 0) is 37.6 Å². The number of nitrogens with two attached hydrogens (primary N) is 1. The number of halogens is 1. The molecule has 72 valence electrons. The Bertz CT molecular complexity index is 427. The standard InChI is InChI=1S/C11H11FN2/c1-7-5-9(12)3-4-10(7)11(14)8(2)6-13/h3-5H,14H2,1-2H3/b11-8-. The maximum Gasteiger partial charge on any atom is 0.123 e. The Morgan fingerprint density at radius 2 is 2.14 bits per heavy atom. The summed E-state index contributed by atoms with van der Waals surface area (Å²) in [5.41, 5.74) is 8.03. The van der Waals surface area contributed by atoms with Crippen molar-refractivity contribution >= 4 is 5.70 Å². The van der Waals surface area contributed by atoms with Crippen molar-refractivity contribution in [2.75, 3.05) is 0 Å². The number of nitrogens with zero attached hydrogens (tertiary/aromatic N) is 1. The van der Waals surface area contributed by atoms with Crippen LogP contribution in [0.5, 0.6) is 0 Å². The molecule has 0 fully saturated rings. The molecule has 1 rings (SSSR count). The van der Waals surface area contributed by atoms with Crippen molar-refractivity contribution in [2.45, 2.75) is 13.8 Å². The predicted octanol–water partition coefficient (Wildman–Crippen LogP) is 2.35. The lowest BCUT2D eigenvalue weighted by Crippen LogP contribution is -2.01. The summed E-state index contributed by atoms with van der Waals surface area (Å²) in [5, 5.41) is 8.65. The second kappa shape index (κ2) is 3.93. The van der Waals surface area contributed by atoms with Gasteiger partial charge in [0.25, 0.3) is 0 Å². The monoisotopic (exact) mass is 190 g/mol. The van der Waals surface area contributed by atoms with Crippen LogP contribution in [0.1, 0.15) is 18.1 Å². The van der Waals surface area contributed by atoms with Crippen LogP contribution in [0.2, 0.25) is 0 Å². The number of nitriles is 1. The van der Waals surface area contributed by atoms with Gasteiger partial charge in [-0.3, -0.25) is 0 Å². The molecule has 0 atom stereocenters. The zero-order chi connectivity index (χ0) is 10.7. The normalized spacial score (nSPS) is 11.9. The third-order valence-corrected chi connectivity index (χ3v) is 2.05. The van der Waals surface area contributed by atoms with Gasteiger partial charge in [-0.1, -0.05) is 0 Å². The van der Waals surface area contributed by atoms with Crippen molar-refractivity contribution in [3.63, 3.8) is 0 Å². The molecule has 0 aliphatic carbocycles. The zero-order valence-electron chi connectivity index (χ0n) is 8.13. The fourth-order valence-electron chi connectivity index (χ4n) is 1.19. The predicted molar refractivity (Wildman–Crippen MR) is 53.5 cm³/mol. The fourth-order valence-corrected chi connectivity index (χ4v) is 1.19. The molecule has 1 aromatic carbocycles. The van der Waals surface area contributed by atoms with Crippen LogP contribution in [0.4, 0.5) is 4.39 Å². The third kappa shape index (κ3) is 1.91. The lowest BCUT2D eigenvalue weighted by Gasteiger charge is -2.06. The molecule has 0 aromatic heterocycles. The van der Waals surface area contributed by atoms with Crippen LogP contribution in [0.25, 0.3) is 5.70 Å². The smallest absolute Gasteiger partial charge is 0.123 e. The molecule has 1 aromatic rings. The quantitative estimate of drug-likeness (QED) is 0.691. The minimum atomic E-state index is -0.298. The minimum absolute atomic E-state index is 0.298. The SMILES string of the molecule is C/C(C#N)=C(/N)c1ccc(F)cc1C. The van der Waals surface area contributed by atoms with Gasteiger partial charge in [-0.2, -0.15) is 5.26 Å². The van der Waals surface area contributed by atoms with Crippen molar-refractivity contribution in [3.05, 3.63) is 40.7 Å². The van der Waals surface area contributed by atoms with E-state index in [1.165, 1.54) is 12.1 Å². The summed E-state index contributed by atoms with van der Waals surface area (Å²) in [7, 11) is 0. The van der Waals surface area contributed by atoms with E-state index in [9.17, 15) is 4.39 Å². The highest BCUT2D eigenvalue weighted by atomic mass is 19.1. The molecule has 0 saturated heterocycles. The van der Waals surface area contributed by atoms with E-state index in [0.717, 1.165) is 5.56 Å². The topological polar surface area (TPSA) is 49.8 Å². The Morgan fingerprint density at radius 3 is 2.64 bits per heavy atom. The summed E-state index contributed by atoms with van der Waals surface area (Å²) >= 11 is 0. The van der Waals surface area contributed by atoms with E-state index in [0.29, 0.717) is 16.8 Å². The number of rotatable bonds is 1. The summed E-state index contributed by atoms with van der Waals surface area (Å²) in [6.07, 6.45) is 0. The molecular formula is C11H11FN2. The number of benzene rings is 1. The lowest BCUT2D eigenvalue weighted by molar-refractivity contribution is 0.626. The van der Waals surface area contributed by atoms with Crippen molar-refractivity contribution in [3.8, 4) is 6.07 Å². The van der Waals surface area contributed by atoms with Gasteiger partial charge in [0.2, 0.25) is 0 Å². The summed E-state index contributed by atoms with van der Waals surface area (Å²) in [4.78, 5) is 0. The highest BCUT2D eigenvalue weighted by molar-refractivity contribution is 5.70. The Hall–Kier alpha value is -1.82. The first-order chi connectivity index (χ1) is 6.56. The first-order valence-electron chi connectivity index (χ1n) is 4.19. The van der Waals surface area contributed by atoms with Crippen LogP contribution in [0.15, 0.2) is 23.8 Å². The summed E-state index contributed by atoms with van der Waals surface area (Å²) in [5.74, 6) is -0.298. The maximum atomic E-state index is 12.8. The summed E-state index contributed by atoms with van der Waals surface area (Å²) in [6, 6.07) is 6.28. The highest BCUT2D eigenvalue weighted by Crippen LogP contribution is 2.18. The molecule has 0 unspecified atom stereocenters. The first kappa shape index (κ1) is 10.3. The van der Waals surface area contributed by atoms with Crippen LogP contribution in [-0.2, 0) is 0 Å². The van der Waals surface area contributed by atoms with Crippen LogP contribution < -0.4 is 5.73 Å². The Balaban J connectivity index is 3.29. The van der Waals surface area contributed by atoms with Crippen LogP contribution in [-0.4, -0.2) is 0 Å². The van der Waals surface area contributed by atoms with Gasteiger partial charge in [0, 0.05) is 11.1 Å². The van der Waals surface area contributed by atoms with Gasteiger partial charge in [-0.25, -0.2) is 4.39 Å². The van der Waals surface area contributed by atoms with Gasteiger partial charge < -0.3 is 5.73 Å². The second-order valence-corrected chi connectivity index (χ2v) is 3.11. The van der Waals surface area contributed by atoms with E-state index in [-0.39, 0.29) is 5.82 Å². The molecule has 0 heterocycles. The molecule has 2 nitrogen and oxygen atoms in total. The average molecular weight is 190 g/mol. The van der Waals surface area contributed by atoms with E-state index in [4.69, 9.17) is 11.0 Å². The van der Waals surface area contributed by atoms with Crippen molar-refractivity contribution < 1.29 is 4.39 Å². The molecule has 0 amide bonds. The molecule has 0 bridgehead atoms. The molecule has 0 saturated carbocycles. The molecular weight excluding hydrogens is 179 g/mol. The van der Waals surface area contributed by atoms with Gasteiger partial charge in [0.15, 0.2) is 0 Å². The molecule has 0 aliphatic heterocycles. The summed E-state index contributed by atoms with van der Waals surface area (Å²) in [6.45, 7) is 3.40. The van der Waals surface area contributed by atoms with Gasteiger partial charge >= 0.3 is 0 Å². The Labute approximate surface area is 82.5 Å². The van der Waals surface area contributed by atoms with Gasteiger partial charge in [0.05, 0.1) is 11.8 Å². The largest absolute Gasteiger partial charge is 0.397 e. The summed E-state index contributed by atoms with van der Waals surface area (Å²) < 4.78 is 12.8. The van der Waals surface area contributed by atoms with E-state index in [1.807, 2.05) is 6.07 Å². The Morgan fingerprint density at radius 1 is 1.50 bits per heavy atom. The number of hydrogen-bond acceptors (Lipinski definition) is 2. The average Bonchev–Trinajstić information content (AvgIpc) is 2.15. The fraction of sp³-hybridized carbons (Fsp3) is 0.182. The Kier molecular flexibility index (Phi) is 2.88. The van der Waals surface area contributed by atoms with Crippen molar-refractivity contribution in [1.82, 2.24) is 0 Å². The van der Waals surface area contributed by atoms with E-state index < -0.39 is 0 Å². The molecule has 14 heavy (non-hydrogen) atoms. The third-order valence-electron chi connectivity index (χ3n) is 2.05. The van der Waals surface area contributed by atoms with E-state index in [2.05, 4.69) is 0 Å². The second-order valence-electron chi connectivity index (χ2n) is 3.11. The van der Waals surface area contributed by atoms with Crippen LogP contribution in [0.3, 0.4) is 0 Å². The number of allylic oxidation sites excluding steroid dienone is 1.